The lowest BCUT2D eigenvalue weighted by molar-refractivity contribution is 0.590. The molecule has 0 bridgehead atoms. The van der Waals surface area contributed by atoms with Gasteiger partial charge in [-0.25, -0.2) is 0 Å². The molecule has 0 spiro atoms. The molecule has 2 heteroatoms. The monoisotopic (exact) mass is 715 g/mol. The third-order valence-electron chi connectivity index (χ3n) is 10.8. The van der Waals surface area contributed by atoms with Gasteiger partial charge in [0.15, 0.2) is 0 Å². The summed E-state index contributed by atoms with van der Waals surface area (Å²) in [7, 11) is 0. The van der Waals surface area contributed by atoms with E-state index >= 15 is 0 Å². The third-order valence-corrected chi connectivity index (χ3v) is 10.8. The highest BCUT2D eigenvalue weighted by Crippen LogP contribution is 2.57. The number of benzene rings is 8. The SMILES string of the molecule is [2H]c1c([2H])c(N(c2ccc3c(c2)C(c2ccccc2)(c2ccccc2)c2ccccc2-3)c2c([2H])c([2H])c(C(C)(C)C)c([2H])c2[2H])c([2H])c([2H])c1-c1cccc2c1oc1ccccc12. The summed E-state index contributed by atoms with van der Waals surface area (Å²) < 4.78 is 82.9. The van der Waals surface area contributed by atoms with Gasteiger partial charge >= 0.3 is 0 Å². The Kier molecular flexibility index (Phi) is 5.88. The van der Waals surface area contributed by atoms with Gasteiger partial charge in [-0.2, -0.15) is 0 Å². The third kappa shape index (κ3) is 5.24. The summed E-state index contributed by atoms with van der Waals surface area (Å²) >= 11 is 0. The van der Waals surface area contributed by atoms with Crippen LogP contribution >= 0.6 is 0 Å². The Morgan fingerprint density at radius 3 is 1.75 bits per heavy atom. The number of para-hydroxylation sites is 2. The number of fused-ring (bicyclic) bond motifs is 6. The van der Waals surface area contributed by atoms with E-state index in [1.807, 2.05) is 112 Å². The average molecular weight is 716 g/mol. The molecule has 0 atom stereocenters. The number of nitrogens with zero attached hydrogens (tertiary/aromatic N) is 1. The topological polar surface area (TPSA) is 16.4 Å². The van der Waals surface area contributed by atoms with E-state index in [-0.39, 0.29) is 58.8 Å². The predicted octanol–water partition coefficient (Wildman–Crippen LogP) is 14.4. The van der Waals surface area contributed by atoms with Gasteiger partial charge in [-0.3, -0.25) is 0 Å². The van der Waals surface area contributed by atoms with Gasteiger partial charge in [0.2, 0.25) is 0 Å². The van der Waals surface area contributed by atoms with Crippen LogP contribution in [0.3, 0.4) is 0 Å². The van der Waals surface area contributed by atoms with Gasteiger partial charge in [0.1, 0.15) is 11.2 Å². The Hall–Kier alpha value is -6.64. The highest BCUT2D eigenvalue weighted by atomic mass is 16.3. The van der Waals surface area contributed by atoms with Crippen molar-refractivity contribution < 1.29 is 15.4 Å². The molecule has 1 aliphatic rings. The highest BCUT2D eigenvalue weighted by Gasteiger charge is 2.46. The lowest BCUT2D eigenvalue weighted by Crippen LogP contribution is -2.28. The van der Waals surface area contributed by atoms with E-state index < -0.39 is 22.9 Å². The van der Waals surface area contributed by atoms with Crippen molar-refractivity contribution in [2.75, 3.05) is 4.90 Å². The van der Waals surface area contributed by atoms with Gasteiger partial charge in [-0.1, -0.05) is 172 Å². The minimum absolute atomic E-state index is 0.0394. The smallest absolute Gasteiger partial charge is 0.143 e. The normalized spacial score (nSPS) is 15.2. The molecule has 1 heterocycles. The molecule has 2 nitrogen and oxygen atoms in total. The first kappa shape index (κ1) is 25.4. The van der Waals surface area contributed by atoms with E-state index in [1.165, 1.54) is 4.90 Å². The van der Waals surface area contributed by atoms with Crippen molar-refractivity contribution in [1.82, 2.24) is 0 Å². The van der Waals surface area contributed by atoms with Gasteiger partial charge in [-0.05, 0) is 92.3 Å². The standard InChI is InChI=1S/C53H41NO/c1-52(2,3)37-27-31-41(32-28-37)54(40-29-25-36(26-30-40)43-21-14-22-47-46-20-11-13-24-50(46)55-51(43)47)42-33-34-45-44-19-10-12-23-48(44)53(49(45)35-42,38-15-6-4-7-16-38)39-17-8-5-9-18-39/h4-35H,1-3H3/i25D,26D,27D,28D,29D,30D,31D,32D. The summed E-state index contributed by atoms with van der Waals surface area (Å²) in [6.45, 7) is 5.51. The number of hydrogen-bond acceptors (Lipinski definition) is 2. The zero-order chi connectivity index (χ0) is 44.1. The maximum absolute atomic E-state index is 9.78. The van der Waals surface area contributed by atoms with Gasteiger partial charge in [0.05, 0.1) is 16.4 Å². The fourth-order valence-corrected chi connectivity index (χ4v) is 8.23. The van der Waals surface area contributed by atoms with E-state index in [1.54, 1.807) is 18.2 Å². The summed E-state index contributed by atoms with van der Waals surface area (Å²) in [5.41, 5.74) is 5.92. The van der Waals surface area contributed by atoms with E-state index in [2.05, 4.69) is 36.4 Å². The largest absolute Gasteiger partial charge is 0.455 e. The minimum atomic E-state index is -0.856. The van der Waals surface area contributed by atoms with E-state index in [0.29, 0.717) is 22.4 Å². The number of hydrogen-bond donors (Lipinski definition) is 0. The van der Waals surface area contributed by atoms with Crippen LogP contribution in [0.15, 0.2) is 198 Å². The molecule has 0 fully saturated rings. The molecular weight excluding hydrogens is 667 g/mol. The molecule has 1 aliphatic carbocycles. The fourth-order valence-electron chi connectivity index (χ4n) is 8.23. The van der Waals surface area contributed by atoms with Crippen LogP contribution in [0.25, 0.3) is 44.2 Å². The lowest BCUT2D eigenvalue weighted by Gasteiger charge is -2.35. The Bertz CT molecular complexity index is 3220. The first-order valence-electron chi connectivity index (χ1n) is 22.5. The van der Waals surface area contributed by atoms with Crippen LogP contribution < -0.4 is 4.90 Å². The van der Waals surface area contributed by atoms with E-state index in [4.69, 9.17) is 4.42 Å². The van der Waals surface area contributed by atoms with Crippen LogP contribution in [0.5, 0.6) is 0 Å². The van der Waals surface area contributed by atoms with Crippen LogP contribution in [0.2, 0.25) is 0 Å². The highest BCUT2D eigenvalue weighted by molar-refractivity contribution is 6.09. The van der Waals surface area contributed by atoms with Gasteiger partial charge in [-0.15, -0.1) is 0 Å². The van der Waals surface area contributed by atoms with Crippen molar-refractivity contribution in [2.45, 2.75) is 31.6 Å². The molecule has 10 rings (SSSR count). The fraction of sp³-hybridized carbons (Fsp3) is 0.0943. The molecule has 0 saturated heterocycles. The van der Waals surface area contributed by atoms with Gasteiger partial charge < -0.3 is 9.32 Å². The van der Waals surface area contributed by atoms with Crippen molar-refractivity contribution in [3.63, 3.8) is 0 Å². The molecule has 0 radical (unpaired) electrons. The van der Waals surface area contributed by atoms with Crippen LogP contribution in [-0.2, 0) is 10.8 Å². The quantitative estimate of drug-likeness (QED) is 0.170. The minimum Gasteiger partial charge on any atom is -0.455 e. The maximum atomic E-state index is 9.78. The van der Waals surface area contributed by atoms with Crippen molar-refractivity contribution in [3.05, 3.63) is 222 Å². The first-order valence-corrected chi connectivity index (χ1v) is 18.5. The second-order valence-electron chi connectivity index (χ2n) is 15.1. The lowest BCUT2D eigenvalue weighted by atomic mass is 9.67. The number of furan rings is 1. The zero-order valence-electron chi connectivity index (χ0n) is 38.7. The second kappa shape index (κ2) is 12.7. The molecule has 264 valence electrons. The molecule has 0 amide bonds. The molecule has 0 aliphatic heterocycles. The predicted molar refractivity (Wildman–Crippen MR) is 230 cm³/mol. The molecule has 9 aromatic rings. The molecule has 0 unspecified atom stereocenters. The van der Waals surface area contributed by atoms with Gasteiger partial charge in [0, 0.05) is 33.4 Å². The Morgan fingerprint density at radius 1 is 0.491 bits per heavy atom. The first-order chi connectivity index (χ1) is 30.3. The number of anilines is 3. The van der Waals surface area contributed by atoms with Crippen molar-refractivity contribution in [3.8, 4) is 22.3 Å². The Morgan fingerprint density at radius 2 is 1.05 bits per heavy atom. The van der Waals surface area contributed by atoms with Crippen molar-refractivity contribution in [1.29, 1.82) is 0 Å². The van der Waals surface area contributed by atoms with Gasteiger partial charge in [0.25, 0.3) is 0 Å². The van der Waals surface area contributed by atoms with Crippen LogP contribution in [0, 0.1) is 0 Å². The molecule has 0 saturated carbocycles. The molecule has 1 aromatic heterocycles. The van der Waals surface area contributed by atoms with Crippen LogP contribution in [-0.4, -0.2) is 0 Å². The van der Waals surface area contributed by atoms with Crippen LogP contribution in [0.1, 0.15) is 59.6 Å². The zero-order valence-corrected chi connectivity index (χ0v) is 30.7. The molecule has 55 heavy (non-hydrogen) atoms. The molecular formula is C53H41NO. The summed E-state index contributed by atoms with van der Waals surface area (Å²) in [5.74, 6) is 0. The van der Waals surface area contributed by atoms with E-state index in [0.717, 1.165) is 44.2 Å². The number of rotatable bonds is 6. The Labute approximate surface area is 334 Å². The average Bonchev–Trinajstić information content (AvgIpc) is 3.82. The van der Waals surface area contributed by atoms with Crippen molar-refractivity contribution in [2.24, 2.45) is 0 Å². The molecule has 0 N–H and O–H groups in total. The summed E-state index contributed by atoms with van der Waals surface area (Å²) in [6.07, 6.45) is 0. The summed E-state index contributed by atoms with van der Waals surface area (Å²) in [4.78, 5) is 1.41. The summed E-state index contributed by atoms with van der Waals surface area (Å²) in [6, 6.07) is 44.6. The maximum Gasteiger partial charge on any atom is 0.143 e. The van der Waals surface area contributed by atoms with Crippen LogP contribution in [0.4, 0.5) is 17.1 Å². The van der Waals surface area contributed by atoms with E-state index in [9.17, 15) is 11.0 Å². The summed E-state index contributed by atoms with van der Waals surface area (Å²) in [5, 5.41) is 1.63. The van der Waals surface area contributed by atoms with Crippen molar-refractivity contribution >= 4 is 39.0 Å². The second-order valence-corrected chi connectivity index (χ2v) is 15.1. The molecule has 8 aromatic carbocycles. The Balaban J connectivity index is 1.30.